The van der Waals surface area contributed by atoms with Crippen LogP contribution in [0.1, 0.15) is 49.8 Å². The second kappa shape index (κ2) is 6.32. The van der Waals surface area contributed by atoms with Crippen LogP contribution in [-0.4, -0.2) is 40.1 Å². The zero-order chi connectivity index (χ0) is 13.8. The number of amides is 1. The smallest absolute Gasteiger partial charge is 0.285 e. The van der Waals surface area contributed by atoms with Crippen LogP contribution in [0.25, 0.3) is 0 Å². The molecule has 0 aromatic carbocycles. The molecule has 6 heteroatoms. The average Bonchev–Trinajstić information content (AvgIpc) is 2.87. The van der Waals surface area contributed by atoms with Crippen LogP contribution in [0.15, 0.2) is 0 Å². The second-order valence-corrected chi connectivity index (χ2v) is 6.18. The molecule has 1 aliphatic rings. The van der Waals surface area contributed by atoms with Gasteiger partial charge in [-0.2, -0.15) is 0 Å². The molecular weight excluding hydrogens is 260 g/mol. The quantitative estimate of drug-likeness (QED) is 0.922. The highest BCUT2D eigenvalue weighted by Crippen LogP contribution is 2.26. The lowest BCUT2D eigenvalue weighted by molar-refractivity contribution is 0.0550. The molecule has 1 saturated heterocycles. The number of anilines is 1. The van der Waals surface area contributed by atoms with E-state index in [9.17, 15) is 4.79 Å². The summed E-state index contributed by atoms with van der Waals surface area (Å²) in [4.78, 5) is 14.4. The minimum Gasteiger partial charge on any atom is -0.360 e. The fourth-order valence-corrected chi connectivity index (χ4v) is 3.08. The number of aromatic nitrogens is 2. The van der Waals surface area contributed by atoms with Crippen LogP contribution in [0, 0.1) is 5.92 Å². The number of nitrogens with zero attached hydrogens (tertiary/aromatic N) is 3. The number of nitrogens with one attached hydrogen (secondary N) is 1. The van der Waals surface area contributed by atoms with Crippen molar-refractivity contribution in [2.24, 2.45) is 5.92 Å². The van der Waals surface area contributed by atoms with E-state index in [2.05, 4.69) is 36.3 Å². The average molecular weight is 282 g/mol. The Morgan fingerprint density at radius 3 is 3.00 bits per heavy atom. The maximum atomic E-state index is 12.4. The van der Waals surface area contributed by atoms with Gasteiger partial charge in [-0.3, -0.25) is 4.79 Å². The van der Waals surface area contributed by atoms with Gasteiger partial charge in [-0.15, -0.1) is 10.2 Å². The van der Waals surface area contributed by atoms with Crippen molar-refractivity contribution in [2.45, 2.75) is 46.1 Å². The zero-order valence-electron chi connectivity index (χ0n) is 11.8. The molecule has 1 N–H and O–H groups in total. The Kier molecular flexibility index (Phi) is 4.74. The Morgan fingerprint density at radius 1 is 1.47 bits per heavy atom. The Labute approximate surface area is 118 Å². The summed E-state index contributed by atoms with van der Waals surface area (Å²) in [6.07, 6.45) is 3.31. The Balaban J connectivity index is 2.04. The molecule has 0 spiro atoms. The van der Waals surface area contributed by atoms with Gasteiger partial charge < -0.3 is 10.2 Å². The van der Waals surface area contributed by atoms with Crippen molar-refractivity contribution in [1.29, 1.82) is 0 Å². The molecule has 5 nitrogen and oxygen atoms in total. The molecule has 2 atom stereocenters. The van der Waals surface area contributed by atoms with Crippen molar-refractivity contribution in [3.8, 4) is 0 Å². The first-order chi connectivity index (χ1) is 9.13. The van der Waals surface area contributed by atoms with Crippen LogP contribution in [0.2, 0.25) is 0 Å². The van der Waals surface area contributed by atoms with E-state index >= 15 is 0 Å². The van der Waals surface area contributed by atoms with E-state index in [0.29, 0.717) is 10.9 Å². The fourth-order valence-electron chi connectivity index (χ4n) is 2.36. The van der Waals surface area contributed by atoms with Crippen LogP contribution in [0.4, 0.5) is 5.13 Å². The number of hydrogen-bond acceptors (Lipinski definition) is 5. The molecule has 0 radical (unpaired) electrons. The number of hydrogen-bond donors (Lipinski definition) is 1. The fraction of sp³-hybridized carbons (Fsp3) is 0.769. The molecule has 1 aromatic rings. The van der Waals surface area contributed by atoms with Crippen LogP contribution in [0.5, 0.6) is 0 Å². The molecule has 0 aliphatic carbocycles. The Morgan fingerprint density at radius 2 is 2.26 bits per heavy atom. The van der Waals surface area contributed by atoms with Crippen molar-refractivity contribution < 1.29 is 4.79 Å². The van der Waals surface area contributed by atoms with Crippen molar-refractivity contribution in [3.63, 3.8) is 0 Å². The van der Waals surface area contributed by atoms with E-state index in [1.54, 1.807) is 0 Å². The normalized spacial score (nSPS) is 23.4. The zero-order valence-corrected chi connectivity index (χ0v) is 12.7. The maximum absolute atomic E-state index is 12.4. The van der Waals surface area contributed by atoms with E-state index in [4.69, 9.17) is 0 Å². The second-order valence-electron chi connectivity index (χ2n) is 5.20. The highest BCUT2D eigenvalue weighted by Gasteiger charge is 2.30. The van der Waals surface area contributed by atoms with Gasteiger partial charge in [-0.05, 0) is 32.1 Å². The van der Waals surface area contributed by atoms with Gasteiger partial charge >= 0.3 is 0 Å². The number of piperidine rings is 1. The third-order valence-electron chi connectivity index (χ3n) is 3.77. The standard InChI is InChI=1S/C13H22N4OS/c1-4-7-14-13-16-15-11(19-13)12(18)17-8-5-6-9(2)10(17)3/h9-10H,4-8H2,1-3H3,(H,14,16). The first-order valence-electron chi connectivity index (χ1n) is 7.01. The first kappa shape index (κ1) is 14.2. The molecule has 0 bridgehead atoms. The Hall–Kier alpha value is -1.17. The number of carbonyl (C=O) groups excluding carboxylic acids is 1. The van der Waals surface area contributed by atoms with Crippen molar-refractivity contribution in [2.75, 3.05) is 18.4 Å². The van der Waals surface area contributed by atoms with Crippen molar-refractivity contribution in [3.05, 3.63) is 5.01 Å². The van der Waals surface area contributed by atoms with Gasteiger partial charge in [-0.25, -0.2) is 0 Å². The molecule has 0 saturated carbocycles. The summed E-state index contributed by atoms with van der Waals surface area (Å²) in [5.41, 5.74) is 0. The predicted octanol–water partition coefficient (Wildman–Crippen LogP) is 2.62. The minimum absolute atomic E-state index is 0.0288. The minimum atomic E-state index is 0.0288. The first-order valence-corrected chi connectivity index (χ1v) is 7.83. The summed E-state index contributed by atoms with van der Waals surface area (Å²) in [6, 6.07) is 0.289. The third-order valence-corrected chi connectivity index (χ3v) is 4.64. The van der Waals surface area contributed by atoms with E-state index in [1.807, 2.05) is 4.90 Å². The highest BCUT2D eigenvalue weighted by atomic mass is 32.1. The lowest BCUT2D eigenvalue weighted by Crippen LogP contribution is -2.46. The van der Waals surface area contributed by atoms with E-state index in [0.717, 1.165) is 31.1 Å². The molecule has 1 amide bonds. The summed E-state index contributed by atoms with van der Waals surface area (Å²) >= 11 is 1.35. The lowest BCUT2D eigenvalue weighted by atomic mass is 9.92. The van der Waals surface area contributed by atoms with Gasteiger partial charge in [0.25, 0.3) is 5.91 Å². The van der Waals surface area contributed by atoms with Gasteiger partial charge in [0.2, 0.25) is 10.1 Å². The molecule has 19 heavy (non-hydrogen) atoms. The largest absolute Gasteiger partial charge is 0.360 e. The van der Waals surface area contributed by atoms with Gasteiger partial charge in [0, 0.05) is 19.1 Å². The number of carbonyl (C=O) groups is 1. The molecule has 2 unspecified atom stereocenters. The van der Waals surface area contributed by atoms with Crippen molar-refractivity contribution >= 4 is 22.4 Å². The summed E-state index contributed by atoms with van der Waals surface area (Å²) in [7, 11) is 0. The summed E-state index contributed by atoms with van der Waals surface area (Å²) < 4.78 is 0. The SMILES string of the molecule is CCCNc1nnc(C(=O)N2CCCC(C)C2C)s1. The molecule has 2 rings (SSSR count). The van der Waals surface area contributed by atoms with E-state index in [-0.39, 0.29) is 11.9 Å². The van der Waals surface area contributed by atoms with Crippen LogP contribution in [0.3, 0.4) is 0 Å². The van der Waals surface area contributed by atoms with Crippen LogP contribution < -0.4 is 5.32 Å². The van der Waals surface area contributed by atoms with E-state index < -0.39 is 0 Å². The predicted molar refractivity (Wildman–Crippen MR) is 77.6 cm³/mol. The summed E-state index contributed by atoms with van der Waals surface area (Å²) in [5, 5.41) is 12.4. The summed E-state index contributed by atoms with van der Waals surface area (Å²) in [5.74, 6) is 0.587. The van der Waals surface area contributed by atoms with E-state index in [1.165, 1.54) is 17.8 Å². The monoisotopic (exact) mass is 282 g/mol. The van der Waals surface area contributed by atoms with Gasteiger partial charge in [0.05, 0.1) is 0 Å². The topological polar surface area (TPSA) is 58.1 Å². The molecule has 106 valence electrons. The summed E-state index contributed by atoms with van der Waals surface area (Å²) in [6.45, 7) is 8.12. The van der Waals surface area contributed by atoms with Crippen LogP contribution >= 0.6 is 11.3 Å². The molecule has 1 aliphatic heterocycles. The number of rotatable bonds is 4. The van der Waals surface area contributed by atoms with Crippen LogP contribution in [-0.2, 0) is 0 Å². The Bertz CT molecular complexity index is 434. The third kappa shape index (κ3) is 3.23. The van der Waals surface area contributed by atoms with Crippen molar-refractivity contribution in [1.82, 2.24) is 15.1 Å². The molecule has 1 fully saturated rings. The lowest BCUT2D eigenvalue weighted by Gasteiger charge is -2.37. The number of likely N-dealkylation sites (tertiary alicyclic amines) is 1. The molecular formula is C13H22N4OS. The maximum Gasteiger partial charge on any atom is 0.285 e. The highest BCUT2D eigenvalue weighted by molar-refractivity contribution is 7.17. The van der Waals surface area contributed by atoms with Gasteiger partial charge in [-0.1, -0.05) is 25.2 Å². The van der Waals surface area contributed by atoms with Gasteiger partial charge in [0.15, 0.2) is 0 Å². The molecule has 2 heterocycles. The van der Waals surface area contributed by atoms with Gasteiger partial charge in [0.1, 0.15) is 0 Å². The molecule has 1 aromatic heterocycles.